The van der Waals surface area contributed by atoms with Crippen LogP contribution in [0.4, 0.5) is 21.1 Å². The van der Waals surface area contributed by atoms with Crippen molar-refractivity contribution in [2.75, 3.05) is 17.2 Å². The van der Waals surface area contributed by atoms with E-state index in [2.05, 4.69) is 25.9 Å². The standard InChI is InChI=1S/C22H25ClN6O4/c1-13(2)12-32-21(30)25-15-9-10-18(24-11-15)19-20(29(4)28-27-19)26-22(31)33-14(3)16-7-5-6-8-17(16)23/h5-11,13-14H,12H2,1-4H3,(H,25,30)(H,26,31)/t14-/m1/s1. The highest BCUT2D eigenvalue weighted by Crippen LogP contribution is 2.27. The number of carbonyl (C=O) groups is 2. The van der Waals surface area contributed by atoms with Crippen molar-refractivity contribution in [1.29, 1.82) is 0 Å². The van der Waals surface area contributed by atoms with Crippen molar-refractivity contribution in [3.8, 4) is 11.4 Å². The molecule has 0 aliphatic heterocycles. The molecule has 33 heavy (non-hydrogen) atoms. The summed E-state index contributed by atoms with van der Waals surface area (Å²) in [6, 6.07) is 10.4. The summed E-state index contributed by atoms with van der Waals surface area (Å²) in [5.41, 5.74) is 1.93. The molecule has 3 aromatic rings. The third-order valence-corrected chi connectivity index (χ3v) is 4.82. The lowest BCUT2D eigenvalue weighted by Gasteiger charge is -2.15. The number of rotatable bonds is 7. The number of nitrogens with zero attached hydrogens (tertiary/aromatic N) is 4. The number of benzene rings is 1. The fourth-order valence-corrected chi connectivity index (χ4v) is 3.12. The third-order valence-electron chi connectivity index (χ3n) is 4.47. The van der Waals surface area contributed by atoms with Crippen molar-refractivity contribution in [2.45, 2.75) is 26.9 Å². The van der Waals surface area contributed by atoms with E-state index in [4.69, 9.17) is 21.1 Å². The van der Waals surface area contributed by atoms with Gasteiger partial charge in [-0.25, -0.2) is 14.3 Å². The highest BCUT2D eigenvalue weighted by molar-refractivity contribution is 6.31. The fourth-order valence-electron chi connectivity index (χ4n) is 2.83. The first kappa shape index (κ1) is 24.0. The van der Waals surface area contributed by atoms with Gasteiger partial charge in [-0.3, -0.25) is 15.6 Å². The predicted molar refractivity (Wildman–Crippen MR) is 124 cm³/mol. The van der Waals surface area contributed by atoms with Crippen molar-refractivity contribution in [3.05, 3.63) is 53.2 Å². The quantitative estimate of drug-likeness (QED) is 0.493. The third kappa shape index (κ3) is 6.42. The first-order valence-electron chi connectivity index (χ1n) is 10.3. The number of pyridine rings is 1. The molecule has 0 fully saturated rings. The molecule has 174 valence electrons. The summed E-state index contributed by atoms with van der Waals surface area (Å²) in [4.78, 5) is 28.6. The highest BCUT2D eigenvalue weighted by Gasteiger charge is 2.20. The Balaban J connectivity index is 1.67. The number of halogens is 1. The number of nitrogens with one attached hydrogen (secondary N) is 2. The van der Waals surface area contributed by atoms with E-state index < -0.39 is 18.3 Å². The van der Waals surface area contributed by atoms with E-state index in [1.807, 2.05) is 19.9 Å². The summed E-state index contributed by atoms with van der Waals surface area (Å²) in [5, 5.41) is 13.8. The van der Waals surface area contributed by atoms with Crippen LogP contribution in [0.25, 0.3) is 11.4 Å². The zero-order valence-electron chi connectivity index (χ0n) is 18.7. The molecule has 10 nitrogen and oxygen atoms in total. The topological polar surface area (TPSA) is 120 Å². The number of aromatic nitrogens is 4. The van der Waals surface area contributed by atoms with Gasteiger partial charge in [0, 0.05) is 17.6 Å². The van der Waals surface area contributed by atoms with E-state index in [1.165, 1.54) is 10.9 Å². The normalized spacial score (nSPS) is 11.7. The zero-order valence-corrected chi connectivity index (χ0v) is 19.5. The number of anilines is 2. The Morgan fingerprint density at radius 3 is 2.52 bits per heavy atom. The summed E-state index contributed by atoms with van der Waals surface area (Å²) in [6.07, 6.45) is -0.361. The number of hydrogen-bond acceptors (Lipinski definition) is 7. The van der Waals surface area contributed by atoms with Crippen LogP contribution in [-0.2, 0) is 16.5 Å². The van der Waals surface area contributed by atoms with Crippen molar-refractivity contribution in [2.24, 2.45) is 13.0 Å². The molecule has 11 heteroatoms. The smallest absolute Gasteiger partial charge is 0.413 e. The zero-order chi connectivity index (χ0) is 24.0. The second-order valence-electron chi connectivity index (χ2n) is 7.65. The summed E-state index contributed by atoms with van der Waals surface area (Å²) < 4.78 is 11.9. The molecule has 0 aliphatic rings. The summed E-state index contributed by atoms with van der Waals surface area (Å²) in [7, 11) is 1.63. The second kappa shape index (κ2) is 10.8. The van der Waals surface area contributed by atoms with E-state index >= 15 is 0 Å². The van der Waals surface area contributed by atoms with Gasteiger partial charge in [-0.15, -0.1) is 5.10 Å². The van der Waals surface area contributed by atoms with Gasteiger partial charge in [-0.05, 0) is 31.0 Å². The molecular formula is C22H25ClN6O4. The average molecular weight is 473 g/mol. The molecule has 2 N–H and O–H groups in total. The maximum atomic E-state index is 12.5. The molecule has 2 amide bonds. The molecule has 0 saturated carbocycles. The number of ether oxygens (including phenoxy) is 2. The van der Waals surface area contributed by atoms with Gasteiger partial charge in [-0.1, -0.05) is 48.9 Å². The van der Waals surface area contributed by atoms with Crippen LogP contribution in [0.15, 0.2) is 42.6 Å². The first-order chi connectivity index (χ1) is 15.7. The van der Waals surface area contributed by atoms with Crippen LogP contribution in [0.3, 0.4) is 0 Å². The van der Waals surface area contributed by atoms with Crippen molar-refractivity contribution < 1.29 is 19.1 Å². The molecule has 1 atom stereocenters. The lowest BCUT2D eigenvalue weighted by molar-refractivity contribution is 0.121. The van der Waals surface area contributed by atoms with Gasteiger partial charge < -0.3 is 9.47 Å². The minimum atomic E-state index is -0.694. The molecule has 0 radical (unpaired) electrons. The minimum absolute atomic E-state index is 0.234. The highest BCUT2D eigenvalue weighted by atomic mass is 35.5. The van der Waals surface area contributed by atoms with E-state index in [0.29, 0.717) is 40.1 Å². The molecule has 0 unspecified atom stereocenters. The summed E-state index contributed by atoms with van der Waals surface area (Å²) in [6.45, 7) is 5.94. The van der Waals surface area contributed by atoms with Gasteiger partial charge in [0.05, 0.1) is 24.2 Å². The Morgan fingerprint density at radius 2 is 1.85 bits per heavy atom. The fraction of sp³-hybridized carbons (Fsp3) is 0.318. The van der Waals surface area contributed by atoms with E-state index in [9.17, 15) is 9.59 Å². The predicted octanol–water partition coefficient (Wildman–Crippen LogP) is 5.04. The van der Waals surface area contributed by atoms with E-state index in [-0.39, 0.29) is 5.92 Å². The maximum Gasteiger partial charge on any atom is 0.413 e. The van der Waals surface area contributed by atoms with Gasteiger partial charge in [0.15, 0.2) is 11.5 Å². The van der Waals surface area contributed by atoms with Crippen molar-refractivity contribution in [1.82, 2.24) is 20.0 Å². The number of carbonyl (C=O) groups excluding carboxylic acids is 2. The van der Waals surface area contributed by atoms with Gasteiger partial charge in [0.25, 0.3) is 0 Å². The number of hydrogen-bond donors (Lipinski definition) is 2. The number of aryl methyl sites for hydroxylation is 1. The monoisotopic (exact) mass is 472 g/mol. The molecule has 2 heterocycles. The van der Waals surface area contributed by atoms with Crippen molar-refractivity contribution >= 4 is 35.3 Å². The van der Waals surface area contributed by atoms with Crippen LogP contribution in [0.5, 0.6) is 0 Å². The van der Waals surface area contributed by atoms with Gasteiger partial charge in [0.1, 0.15) is 6.10 Å². The van der Waals surface area contributed by atoms with Crippen LogP contribution in [0.1, 0.15) is 32.4 Å². The molecule has 0 aliphatic carbocycles. The molecule has 1 aromatic carbocycles. The molecule has 0 saturated heterocycles. The van der Waals surface area contributed by atoms with Gasteiger partial charge in [-0.2, -0.15) is 0 Å². The maximum absolute atomic E-state index is 12.5. The van der Waals surface area contributed by atoms with E-state index in [1.54, 1.807) is 44.3 Å². The van der Waals surface area contributed by atoms with Crippen LogP contribution in [0.2, 0.25) is 5.02 Å². The largest absolute Gasteiger partial charge is 0.449 e. The van der Waals surface area contributed by atoms with Crippen LogP contribution >= 0.6 is 11.6 Å². The summed E-state index contributed by atoms with van der Waals surface area (Å²) in [5.74, 6) is 0.536. The molecule has 3 rings (SSSR count). The molecule has 0 spiro atoms. The minimum Gasteiger partial charge on any atom is -0.449 e. The first-order valence-corrected chi connectivity index (χ1v) is 10.6. The molecule has 0 bridgehead atoms. The second-order valence-corrected chi connectivity index (χ2v) is 8.06. The number of amides is 2. The molecule has 2 aromatic heterocycles. The molecular weight excluding hydrogens is 448 g/mol. The van der Waals surface area contributed by atoms with Crippen molar-refractivity contribution in [3.63, 3.8) is 0 Å². The lowest BCUT2D eigenvalue weighted by Crippen LogP contribution is -2.18. The Bertz CT molecular complexity index is 1120. The van der Waals surface area contributed by atoms with Gasteiger partial charge >= 0.3 is 12.2 Å². The average Bonchev–Trinajstić information content (AvgIpc) is 3.13. The van der Waals surface area contributed by atoms with E-state index in [0.717, 1.165) is 0 Å². The Morgan fingerprint density at radius 1 is 1.09 bits per heavy atom. The van der Waals surface area contributed by atoms with Crippen LogP contribution < -0.4 is 10.6 Å². The SMILES string of the molecule is CC(C)COC(=O)Nc1ccc(-c2nnn(C)c2NC(=O)O[C@H](C)c2ccccc2Cl)nc1. The van der Waals surface area contributed by atoms with Crippen LogP contribution in [0, 0.1) is 5.92 Å². The van der Waals surface area contributed by atoms with Gasteiger partial charge in [0.2, 0.25) is 0 Å². The Labute approximate surface area is 196 Å². The van der Waals surface area contributed by atoms with Crippen LogP contribution in [-0.4, -0.2) is 38.8 Å². The summed E-state index contributed by atoms with van der Waals surface area (Å²) >= 11 is 6.17. The lowest BCUT2D eigenvalue weighted by atomic mass is 10.1. The Kier molecular flexibility index (Phi) is 7.83. The Hall–Kier alpha value is -3.66.